The van der Waals surface area contributed by atoms with Gasteiger partial charge < -0.3 is 10.4 Å². The summed E-state index contributed by atoms with van der Waals surface area (Å²) >= 11 is 6.80. The van der Waals surface area contributed by atoms with Crippen LogP contribution in [0.25, 0.3) is 11.6 Å². The molecule has 4 rings (SSSR count). The molecule has 0 bridgehead atoms. The maximum atomic E-state index is 12.4. The van der Waals surface area contributed by atoms with E-state index in [1.54, 1.807) is 36.6 Å². The topological polar surface area (TPSA) is 83.7 Å². The number of rotatable bonds is 5. The smallest absolute Gasteiger partial charge is 0.311 e. The average molecular weight is 440 g/mol. The molecule has 2 N–H and O–H groups in total. The molecule has 3 aromatic rings. The fourth-order valence-corrected chi connectivity index (χ4v) is 4.31. The third-order valence-corrected chi connectivity index (χ3v) is 5.89. The number of aryl methyl sites for hydroxylation is 1. The lowest BCUT2D eigenvalue weighted by atomic mass is 10.0. The van der Waals surface area contributed by atoms with E-state index in [1.165, 1.54) is 0 Å². The van der Waals surface area contributed by atoms with E-state index in [1.807, 2.05) is 18.2 Å². The highest BCUT2D eigenvalue weighted by atomic mass is 35.5. The van der Waals surface area contributed by atoms with Crippen molar-refractivity contribution in [3.05, 3.63) is 73.2 Å². The Morgan fingerprint density at radius 2 is 2.10 bits per heavy atom. The number of hydrogen-bond acceptors (Lipinski definition) is 5. The van der Waals surface area contributed by atoms with Crippen LogP contribution in [0.1, 0.15) is 22.9 Å². The Bertz CT molecular complexity index is 1260. The number of aliphatic imine (C=N–C) groups is 1. The summed E-state index contributed by atoms with van der Waals surface area (Å²) < 4.78 is 1.05. The summed E-state index contributed by atoms with van der Waals surface area (Å²) in [6.07, 6.45) is 4.32. The van der Waals surface area contributed by atoms with Crippen LogP contribution in [0.3, 0.4) is 0 Å². The number of amides is 1. The zero-order valence-electron chi connectivity index (χ0n) is 16.1. The highest BCUT2D eigenvalue weighted by Crippen LogP contribution is 2.37. The van der Waals surface area contributed by atoms with Crippen molar-refractivity contribution in [2.45, 2.75) is 19.9 Å². The Kier molecular flexibility index (Phi) is 5.57. The van der Waals surface area contributed by atoms with Gasteiger partial charge in [0, 0.05) is 28.1 Å². The first kappa shape index (κ1) is 20.1. The molecule has 2 aromatic carbocycles. The van der Waals surface area contributed by atoms with Crippen LogP contribution < -0.4 is 10.2 Å². The van der Waals surface area contributed by atoms with E-state index in [2.05, 4.69) is 17.2 Å². The van der Waals surface area contributed by atoms with Crippen molar-refractivity contribution in [3.63, 3.8) is 0 Å². The van der Waals surface area contributed by atoms with Crippen molar-refractivity contribution in [2.24, 2.45) is 4.99 Å². The molecule has 30 heavy (non-hydrogen) atoms. The molecule has 152 valence electrons. The predicted molar refractivity (Wildman–Crippen MR) is 122 cm³/mol. The van der Waals surface area contributed by atoms with Crippen LogP contribution in [-0.2, 0) is 17.8 Å². The Balaban J connectivity index is 1.58. The van der Waals surface area contributed by atoms with Gasteiger partial charge in [-0.3, -0.25) is 19.1 Å². The van der Waals surface area contributed by atoms with Gasteiger partial charge in [-0.25, -0.2) is 0 Å². The van der Waals surface area contributed by atoms with Crippen molar-refractivity contribution in [1.82, 2.24) is 4.57 Å². The second-order valence-electron chi connectivity index (χ2n) is 6.73. The number of allylic oxidation sites excluding steroid dienone is 1. The second-order valence-corrected chi connectivity index (χ2v) is 8.15. The van der Waals surface area contributed by atoms with Gasteiger partial charge in [-0.2, -0.15) is 0 Å². The number of fused-ring (bicyclic) bond motifs is 1. The highest BCUT2D eigenvalue weighted by molar-refractivity contribution is 7.10. The van der Waals surface area contributed by atoms with E-state index < -0.39 is 10.8 Å². The number of hydrogen-bond donors (Lipinski definition) is 2. The summed E-state index contributed by atoms with van der Waals surface area (Å²) in [7, 11) is 0. The SMILES string of the molecule is CCc1cccc2c1N=CC2=Cc1sc(=O)n(CC(=O)Nc2cccc(Cl)c2)c1O. The van der Waals surface area contributed by atoms with E-state index in [0.717, 1.165) is 44.7 Å². The minimum atomic E-state index is -0.438. The number of carbonyl (C=O) groups excluding carboxylic acids is 1. The summed E-state index contributed by atoms with van der Waals surface area (Å²) in [4.78, 5) is 29.2. The van der Waals surface area contributed by atoms with Gasteiger partial charge in [0.15, 0.2) is 0 Å². The maximum absolute atomic E-state index is 12.4. The normalized spacial score (nSPS) is 13.6. The van der Waals surface area contributed by atoms with Gasteiger partial charge in [0.1, 0.15) is 6.54 Å². The molecule has 0 aliphatic carbocycles. The summed E-state index contributed by atoms with van der Waals surface area (Å²) in [6.45, 7) is 1.76. The van der Waals surface area contributed by atoms with Crippen LogP contribution in [0.15, 0.2) is 52.3 Å². The molecule has 0 saturated heterocycles. The highest BCUT2D eigenvalue weighted by Gasteiger charge is 2.19. The van der Waals surface area contributed by atoms with Crippen LogP contribution in [-0.4, -0.2) is 21.8 Å². The molecule has 1 aliphatic rings. The number of thiazole rings is 1. The van der Waals surface area contributed by atoms with Gasteiger partial charge in [-0.05, 0) is 36.3 Å². The van der Waals surface area contributed by atoms with Gasteiger partial charge in [0.25, 0.3) is 0 Å². The van der Waals surface area contributed by atoms with E-state index in [-0.39, 0.29) is 12.4 Å². The summed E-state index contributed by atoms with van der Waals surface area (Å²) in [5.41, 5.74) is 4.34. The maximum Gasteiger partial charge on any atom is 0.311 e. The Labute approximate surface area is 181 Å². The molecule has 0 saturated carbocycles. The Morgan fingerprint density at radius 1 is 1.30 bits per heavy atom. The standard InChI is InChI=1S/C22H18ClN3O3S/c1-2-13-5-3-8-17-14(11-24-20(13)17)9-18-21(28)26(22(29)30-18)12-19(27)25-16-7-4-6-15(23)10-16/h3-11,28H,2,12H2,1H3,(H,25,27). The predicted octanol–water partition coefficient (Wildman–Crippen LogP) is 4.73. The number of carbonyl (C=O) groups is 1. The van der Waals surface area contributed by atoms with Crippen LogP contribution in [0.2, 0.25) is 5.02 Å². The number of para-hydroxylation sites is 1. The molecule has 2 heterocycles. The number of nitrogens with zero attached hydrogens (tertiary/aromatic N) is 2. The molecule has 0 unspecified atom stereocenters. The summed E-state index contributed by atoms with van der Waals surface area (Å²) in [5.74, 6) is -0.681. The number of anilines is 1. The van der Waals surface area contributed by atoms with Gasteiger partial charge in [-0.1, -0.05) is 54.1 Å². The van der Waals surface area contributed by atoms with E-state index in [9.17, 15) is 14.7 Å². The van der Waals surface area contributed by atoms with Crippen LogP contribution in [0.4, 0.5) is 11.4 Å². The molecule has 1 aromatic heterocycles. The monoisotopic (exact) mass is 439 g/mol. The number of benzene rings is 2. The van der Waals surface area contributed by atoms with E-state index >= 15 is 0 Å². The van der Waals surface area contributed by atoms with Crippen molar-refractivity contribution >= 4 is 58.1 Å². The zero-order chi connectivity index (χ0) is 21.3. The van der Waals surface area contributed by atoms with Crippen LogP contribution in [0.5, 0.6) is 5.88 Å². The van der Waals surface area contributed by atoms with Gasteiger partial charge >= 0.3 is 4.87 Å². The lowest BCUT2D eigenvalue weighted by Crippen LogP contribution is -2.24. The minimum Gasteiger partial charge on any atom is -0.493 e. The lowest BCUT2D eigenvalue weighted by Gasteiger charge is -2.07. The molecule has 6 nitrogen and oxygen atoms in total. The molecule has 8 heteroatoms. The van der Waals surface area contributed by atoms with E-state index in [0.29, 0.717) is 15.6 Å². The Hall–Kier alpha value is -3.16. The van der Waals surface area contributed by atoms with Gasteiger partial charge in [0.05, 0.1) is 10.6 Å². The van der Waals surface area contributed by atoms with Crippen LogP contribution in [0, 0.1) is 0 Å². The molecule has 1 amide bonds. The van der Waals surface area contributed by atoms with Crippen molar-refractivity contribution in [1.29, 1.82) is 0 Å². The first-order valence-corrected chi connectivity index (χ1v) is 10.5. The van der Waals surface area contributed by atoms with Gasteiger partial charge in [0.2, 0.25) is 11.8 Å². The average Bonchev–Trinajstić information content (AvgIpc) is 3.24. The third-order valence-electron chi connectivity index (χ3n) is 4.73. The number of aromatic hydroxyl groups is 1. The first-order chi connectivity index (χ1) is 14.5. The fraction of sp³-hybridized carbons (Fsp3) is 0.136. The lowest BCUT2D eigenvalue weighted by molar-refractivity contribution is -0.116. The van der Waals surface area contributed by atoms with Crippen molar-refractivity contribution in [3.8, 4) is 5.88 Å². The molecule has 0 spiro atoms. The van der Waals surface area contributed by atoms with Crippen LogP contribution >= 0.6 is 22.9 Å². The van der Waals surface area contributed by atoms with E-state index in [4.69, 9.17) is 11.6 Å². The molecular formula is C22H18ClN3O3S. The summed E-state index contributed by atoms with van der Waals surface area (Å²) in [5, 5.41) is 13.7. The first-order valence-electron chi connectivity index (χ1n) is 9.32. The second kappa shape index (κ2) is 8.30. The molecule has 0 atom stereocenters. The zero-order valence-corrected chi connectivity index (χ0v) is 17.6. The number of nitrogens with one attached hydrogen (secondary N) is 1. The van der Waals surface area contributed by atoms with Gasteiger partial charge in [-0.15, -0.1) is 0 Å². The number of halogens is 1. The molecule has 1 aliphatic heterocycles. The summed E-state index contributed by atoms with van der Waals surface area (Å²) in [6, 6.07) is 12.7. The fourth-order valence-electron chi connectivity index (χ4n) is 3.28. The van der Waals surface area contributed by atoms with Crippen molar-refractivity contribution in [2.75, 3.05) is 5.32 Å². The third kappa shape index (κ3) is 3.94. The minimum absolute atomic E-state index is 0.243. The molecule has 0 radical (unpaired) electrons. The Morgan fingerprint density at radius 3 is 2.87 bits per heavy atom. The quantitative estimate of drug-likeness (QED) is 0.603. The number of aromatic nitrogens is 1. The molecule has 0 fully saturated rings. The largest absolute Gasteiger partial charge is 0.493 e. The molecular weight excluding hydrogens is 422 g/mol. The van der Waals surface area contributed by atoms with Crippen molar-refractivity contribution < 1.29 is 9.90 Å².